The fraction of sp³-hybridized carbons (Fsp3) is 0.500. The number of hydrogen-bond donors (Lipinski definition) is 1. The van der Waals surface area contributed by atoms with Gasteiger partial charge in [0.1, 0.15) is 5.75 Å². The number of aromatic nitrogens is 2. The molecule has 0 unspecified atom stereocenters. The smallest absolute Gasteiger partial charge is 0.257 e. The Kier molecular flexibility index (Phi) is 8.13. The number of benzene rings is 1. The van der Waals surface area contributed by atoms with Crippen molar-refractivity contribution in [3.05, 3.63) is 47.8 Å². The summed E-state index contributed by atoms with van der Waals surface area (Å²) in [6.45, 7) is 6.49. The van der Waals surface area contributed by atoms with Gasteiger partial charge in [0, 0.05) is 19.3 Å². The summed E-state index contributed by atoms with van der Waals surface area (Å²) in [7, 11) is 1.66. The average Bonchev–Trinajstić information content (AvgIpc) is 3.15. The number of nitrogens with zero attached hydrogens (tertiary/aromatic N) is 3. The standard InChI is InChI=1S/C20H28N4O2.ClH/c1-3-21-12-16-8-10-23(11-9-16)20(25)18-13-22-24(15-18)14-17-4-6-19(26-2)7-5-17;/h4-7,13,15-16,21H,3,8-12,14H2,1-2H3;1H. The number of halogens is 1. The van der Waals surface area contributed by atoms with Crippen molar-refractivity contribution in [2.45, 2.75) is 26.3 Å². The van der Waals surface area contributed by atoms with E-state index < -0.39 is 0 Å². The molecule has 1 amide bonds. The Morgan fingerprint density at radius 2 is 1.96 bits per heavy atom. The van der Waals surface area contributed by atoms with Crippen molar-refractivity contribution in [1.29, 1.82) is 0 Å². The van der Waals surface area contributed by atoms with Gasteiger partial charge in [-0.1, -0.05) is 19.1 Å². The number of hydrogen-bond acceptors (Lipinski definition) is 4. The van der Waals surface area contributed by atoms with Crippen molar-refractivity contribution < 1.29 is 9.53 Å². The van der Waals surface area contributed by atoms with Gasteiger partial charge in [-0.15, -0.1) is 12.4 Å². The Bertz CT molecular complexity index is 709. The van der Waals surface area contributed by atoms with Gasteiger partial charge in [0.15, 0.2) is 0 Å². The molecule has 0 bridgehead atoms. The predicted octanol–water partition coefficient (Wildman–Crippen LogP) is 2.82. The van der Waals surface area contributed by atoms with E-state index in [4.69, 9.17) is 4.74 Å². The summed E-state index contributed by atoms with van der Waals surface area (Å²) in [5.41, 5.74) is 1.79. The lowest BCUT2D eigenvalue weighted by atomic mass is 9.96. The number of piperidine rings is 1. The number of rotatable bonds is 7. The minimum absolute atomic E-state index is 0. The molecule has 0 aliphatic carbocycles. The lowest BCUT2D eigenvalue weighted by Crippen LogP contribution is -2.40. The van der Waals surface area contributed by atoms with Crippen LogP contribution in [0.1, 0.15) is 35.7 Å². The van der Waals surface area contributed by atoms with Crippen molar-refractivity contribution >= 4 is 18.3 Å². The fourth-order valence-corrected chi connectivity index (χ4v) is 3.35. The first-order valence-corrected chi connectivity index (χ1v) is 9.35. The normalized spacial score (nSPS) is 14.7. The summed E-state index contributed by atoms with van der Waals surface area (Å²) in [4.78, 5) is 14.7. The second-order valence-electron chi connectivity index (χ2n) is 6.82. The lowest BCUT2D eigenvalue weighted by Gasteiger charge is -2.31. The van der Waals surface area contributed by atoms with E-state index in [2.05, 4.69) is 17.3 Å². The van der Waals surface area contributed by atoms with Gasteiger partial charge in [0.05, 0.1) is 25.4 Å². The molecule has 1 N–H and O–H groups in total. The maximum Gasteiger partial charge on any atom is 0.257 e. The molecule has 27 heavy (non-hydrogen) atoms. The first-order valence-electron chi connectivity index (χ1n) is 9.35. The minimum Gasteiger partial charge on any atom is -0.497 e. The number of carbonyl (C=O) groups is 1. The van der Waals surface area contributed by atoms with Crippen LogP contribution >= 0.6 is 12.4 Å². The van der Waals surface area contributed by atoms with E-state index in [1.165, 1.54) is 0 Å². The highest BCUT2D eigenvalue weighted by atomic mass is 35.5. The number of amides is 1. The van der Waals surface area contributed by atoms with Gasteiger partial charge in [-0.25, -0.2) is 0 Å². The quantitative estimate of drug-likeness (QED) is 0.787. The number of ether oxygens (including phenoxy) is 1. The molecule has 7 heteroatoms. The summed E-state index contributed by atoms with van der Waals surface area (Å²) >= 11 is 0. The van der Waals surface area contributed by atoms with Crippen molar-refractivity contribution in [3.63, 3.8) is 0 Å². The number of carbonyl (C=O) groups excluding carboxylic acids is 1. The Labute approximate surface area is 167 Å². The lowest BCUT2D eigenvalue weighted by molar-refractivity contribution is 0.0690. The highest BCUT2D eigenvalue weighted by Crippen LogP contribution is 2.19. The Hall–Kier alpha value is -2.05. The van der Waals surface area contributed by atoms with Crippen LogP contribution in [0.5, 0.6) is 5.75 Å². The molecule has 0 radical (unpaired) electrons. The Balaban J connectivity index is 0.00000261. The molecule has 0 spiro atoms. The van der Waals surface area contributed by atoms with Crippen molar-refractivity contribution in [2.75, 3.05) is 33.3 Å². The Morgan fingerprint density at radius 1 is 1.26 bits per heavy atom. The fourth-order valence-electron chi connectivity index (χ4n) is 3.35. The van der Waals surface area contributed by atoms with E-state index in [1.54, 1.807) is 13.3 Å². The zero-order chi connectivity index (χ0) is 18.4. The van der Waals surface area contributed by atoms with Gasteiger partial charge in [-0.05, 0) is 49.5 Å². The van der Waals surface area contributed by atoms with Gasteiger partial charge in [0.2, 0.25) is 0 Å². The third kappa shape index (κ3) is 5.71. The molecule has 0 atom stereocenters. The van der Waals surface area contributed by atoms with Gasteiger partial charge in [0.25, 0.3) is 5.91 Å². The first-order chi connectivity index (χ1) is 12.7. The van der Waals surface area contributed by atoms with Crippen LogP contribution < -0.4 is 10.1 Å². The molecule has 1 fully saturated rings. The topological polar surface area (TPSA) is 59.4 Å². The summed E-state index contributed by atoms with van der Waals surface area (Å²) in [6, 6.07) is 7.89. The average molecular weight is 393 g/mol. The maximum atomic E-state index is 12.7. The van der Waals surface area contributed by atoms with Crippen LogP contribution in [0.3, 0.4) is 0 Å². The molecule has 2 aromatic rings. The molecule has 1 aromatic heterocycles. The third-order valence-electron chi connectivity index (χ3n) is 4.97. The molecule has 1 saturated heterocycles. The second-order valence-corrected chi connectivity index (χ2v) is 6.82. The van der Waals surface area contributed by atoms with E-state index in [1.807, 2.05) is 40.0 Å². The zero-order valence-electron chi connectivity index (χ0n) is 16.1. The number of likely N-dealkylation sites (tertiary alicyclic amines) is 1. The SMILES string of the molecule is CCNCC1CCN(C(=O)c2cnn(Cc3ccc(OC)cc3)c2)CC1.Cl. The Morgan fingerprint density at radius 3 is 2.59 bits per heavy atom. The molecular weight excluding hydrogens is 364 g/mol. The zero-order valence-corrected chi connectivity index (χ0v) is 16.9. The van der Waals surface area contributed by atoms with E-state index in [0.717, 1.165) is 50.3 Å². The summed E-state index contributed by atoms with van der Waals surface area (Å²) in [6.07, 6.45) is 5.66. The molecule has 1 aromatic carbocycles. The highest BCUT2D eigenvalue weighted by molar-refractivity contribution is 5.93. The molecule has 3 rings (SSSR count). The number of nitrogens with one attached hydrogen (secondary N) is 1. The van der Waals surface area contributed by atoms with Crippen LogP contribution in [-0.4, -0.2) is 53.9 Å². The van der Waals surface area contributed by atoms with Crippen LogP contribution in [0.4, 0.5) is 0 Å². The van der Waals surface area contributed by atoms with Gasteiger partial charge in [-0.3, -0.25) is 9.48 Å². The van der Waals surface area contributed by atoms with Gasteiger partial charge < -0.3 is 15.0 Å². The monoisotopic (exact) mass is 392 g/mol. The molecule has 1 aliphatic heterocycles. The van der Waals surface area contributed by atoms with Crippen molar-refractivity contribution in [1.82, 2.24) is 20.0 Å². The van der Waals surface area contributed by atoms with E-state index in [0.29, 0.717) is 18.0 Å². The molecular formula is C20H29ClN4O2. The summed E-state index contributed by atoms with van der Waals surface area (Å²) < 4.78 is 6.99. The van der Waals surface area contributed by atoms with Crippen molar-refractivity contribution in [3.8, 4) is 5.75 Å². The van der Waals surface area contributed by atoms with Crippen LogP contribution in [0.15, 0.2) is 36.7 Å². The highest BCUT2D eigenvalue weighted by Gasteiger charge is 2.24. The largest absolute Gasteiger partial charge is 0.497 e. The van der Waals surface area contributed by atoms with E-state index >= 15 is 0 Å². The van der Waals surface area contributed by atoms with E-state index in [-0.39, 0.29) is 18.3 Å². The predicted molar refractivity (Wildman–Crippen MR) is 109 cm³/mol. The first kappa shape index (κ1) is 21.3. The van der Waals surface area contributed by atoms with E-state index in [9.17, 15) is 4.79 Å². The molecule has 0 saturated carbocycles. The molecule has 6 nitrogen and oxygen atoms in total. The summed E-state index contributed by atoms with van der Waals surface area (Å²) in [5.74, 6) is 1.60. The van der Waals surface area contributed by atoms with Gasteiger partial charge in [-0.2, -0.15) is 5.10 Å². The maximum absolute atomic E-state index is 12.7. The van der Waals surface area contributed by atoms with Crippen LogP contribution in [0.2, 0.25) is 0 Å². The molecule has 1 aliphatic rings. The second kappa shape index (κ2) is 10.3. The number of methoxy groups -OCH3 is 1. The molecule has 2 heterocycles. The minimum atomic E-state index is 0. The van der Waals surface area contributed by atoms with Crippen LogP contribution in [0.25, 0.3) is 0 Å². The summed E-state index contributed by atoms with van der Waals surface area (Å²) in [5, 5.41) is 7.76. The third-order valence-corrected chi connectivity index (χ3v) is 4.97. The molecule has 148 valence electrons. The van der Waals surface area contributed by atoms with Crippen molar-refractivity contribution in [2.24, 2.45) is 5.92 Å². The van der Waals surface area contributed by atoms with Crippen LogP contribution in [0, 0.1) is 5.92 Å². The van der Waals surface area contributed by atoms with Gasteiger partial charge >= 0.3 is 0 Å². The van der Waals surface area contributed by atoms with Crippen LogP contribution in [-0.2, 0) is 6.54 Å².